The van der Waals surface area contributed by atoms with Crippen LogP contribution >= 0.6 is 0 Å². The van der Waals surface area contributed by atoms with E-state index in [4.69, 9.17) is 9.84 Å². The second kappa shape index (κ2) is 8.89. The fourth-order valence-corrected chi connectivity index (χ4v) is 5.78. The van der Waals surface area contributed by atoms with Crippen molar-refractivity contribution in [3.05, 3.63) is 76.7 Å². The van der Waals surface area contributed by atoms with Crippen LogP contribution in [-0.2, 0) is 33.8 Å². The minimum Gasteiger partial charge on any atom is -0.383 e. The van der Waals surface area contributed by atoms with Crippen LogP contribution in [0.1, 0.15) is 60.2 Å². The summed E-state index contributed by atoms with van der Waals surface area (Å²) in [5, 5.41) is 15.4. The predicted molar refractivity (Wildman–Crippen MR) is 136 cm³/mol. The number of amides is 1. The van der Waals surface area contributed by atoms with Crippen LogP contribution in [-0.4, -0.2) is 62.3 Å². The maximum atomic E-state index is 12.2. The largest absolute Gasteiger partial charge is 0.383 e. The predicted octanol–water partition coefficient (Wildman–Crippen LogP) is 2.95. The zero-order valence-corrected chi connectivity index (χ0v) is 21.4. The van der Waals surface area contributed by atoms with E-state index in [-0.39, 0.29) is 35.0 Å². The lowest BCUT2D eigenvalue weighted by Gasteiger charge is -2.38. The van der Waals surface area contributed by atoms with Crippen molar-refractivity contribution in [2.75, 3.05) is 13.6 Å². The van der Waals surface area contributed by atoms with Crippen molar-refractivity contribution in [2.45, 2.75) is 63.8 Å². The Kier molecular flexibility index (Phi) is 5.76. The first-order chi connectivity index (χ1) is 17.7. The van der Waals surface area contributed by atoms with Crippen molar-refractivity contribution < 1.29 is 19.4 Å². The second-order valence-electron chi connectivity index (χ2n) is 11.3. The summed E-state index contributed by atoms with van der Waals surface area (Å²) in [4.78, 5) is 30.6. The minimum atomic E-state index is -1.06. The Balaban J connectivity index is 1.34. The molecule has 0 bridgehead atoms. The molecule has 3 unspecified atom stereocenters. The fraction of sp³-hybridized carbons (Fsp3) is 0.448. The summed E-state index contributed by atoms with van der Waals surface area (Å²) in [6, 6.07) is 13.9. The lowest BCUT2D eigenvalue weighted by molar-refractivity contribution is -0.133. The van der Waals surface area contributed by atoms with E-state index < -0.39 is 6.10 Å². The lowest BCUT2D eigenvalue weighted by Crippen LogP contribution is -2.40. The van der Waals surface area contributed by atoms with Crippen LogP contribution < -0.4 is 0 Å². The van der Waals surface area contributed by atoms with Crippen molar-refractivity contribution in [1.29, 1.82) is 0 Å². The van der Waals surface area contributed by atoms with E-state index in [0.717, 1.165) is 34.5 Å². The monoisotopic (exact) mass is 500 g/mol. The number of ketones is 1. The van der Waals surface area contributed by atoms with E-state index in [0.29, 0.717) is 31.8 Å². The lowest BCUT2D eigenvalue weighted by atomic mass is 9.73. The Labute approximate surface area is 216 Å². The topological polar surface area (TPSA) is 97.6 Å². The molecule has 3 aliphatic rings. The van der Waals surface area contributed by atoms with Gasteiger partial charge in [0.1, 0.15) is 11.9 Å². The van der Waals surface area contributed by atoms with Gasteiger partial charge >= 0.3 is 0 Å². The summed E-state index contributed by atoms with van der Waals surface area (Å²) in [6.45, 7) is 5.42. The molecule has 1 amide bonds. The van der Waals surface area contributed by atoms with Crippen molar-refractivity contribution in [2.24, 2.45) is 5.41 Å². The number of benzene rings is 1. The third kappa shape index (κ3) is 4.28. The van der Waals surface area contributed by atoms with Crippen LogP contribution in [0.15, 0.2) is 48.7 Å². The van der Waals surface area contributed by atoms with Crippen LogP contribution in [0.5, 0.6) is 0 Å². The van der Waals surface area contributed by atoms with E-state index in [1.165, 1.54) is 0 Å². The van der Waals surface area contributed by atoms with Gasteiger partial charge < -0.3 is 14.7 Å². The SMILES string of the molecule is CN1CC(c2ccnc(-n3nc(C4CC4=O)c4c3CC(C)(C)[C@@H](OCc3ccccc3)C4)c2)C(O)C1=O. The molecular formula is C29H32N4O4. The fourth-order valence-electron chi connectivity index (χ4n) is 5.78. The molecule has 3 aromatic rings. The summed E-state index contributed by atoms with van der Waals surface area (Å²) in [5.41, 5.74) is 4.82. The molecule has 0 spiro atoms. The Morgan fingerprint density at radius 3 is 2.57 bits per heavy atom. The van der Waals surface area contributed by atoms with Crippen molar-refractivity contribution in [1.82, 2.24) is 19.7 Å². The Hall–Kier alpha value is -3.36. The molecule has 192 valence electrons. The van der Waals surface area contributed by atoms with E-state index >= 15 is 0 Å². The number of carbonyl (C=O) groups excluding carboxylic acids is 2. The molecule has 2 fully saturated rings. The number of pyridine rings is 1. The molecule has 0 radical (unpaired) electrons. The quantitative estimate of drug-likeness (QED) is 0.559. The number of fused-ring (bicyclic) bond motifs is 1. The number of ether oxygens (including phenoxy) is 1. The van der Waals surface area contributed by atoms with Gasteiger partial charge in [-0.3, -0.25) is 9.59 Å². The van der Waals surface area contributed by atoms with E-state index in [2.05, 4.69) is 31.0 Å². The van der Waals surface area contributed by atoms with Gasteiger partial charge in [-0.25, -0.2) is 9.67 Å². The standard InChI is InChI=1S/C29H32N4O4/c1-29(2)14-22-19(13-24(29)37-16-17-7-5-4-6-8-17)26(20-12-23(20)34)31-33(22)25-11-18(9-10-30-25)21-15-32(3)28(36)27(21)35/h4-11,20-21,24,27,35H,12-16H2,1-3H3/t20?,21?,24-,27?/m0/s1. The third-order valence-corrected chi connectivity index (χ3v) is 8.16. The summed E-state index contributed by atoms with van der Waals surface area (Å²) in [6.07, 6.45) is 2.57. The highest BCUT2D eigenvalue weighted by Gasteiger charge is 2.46. The Bertz CT molecular complexity index is 1370. The van der Waals surface area contributed by atoms with Crippen molar-refractivity contribution in [3.8, 4) is 5.82 Å². The van der Waals surface area contributed by atoms with Gasteiger partial charge in [-0.05, 0) is 35.1 Å². The van der Waals surface area contributed by atoms with Gasteiger partial charge in [-0.1, -0.05) is 44.2 Å². The number of Topliss-reactive ketones (excluding diaryl/α,β-unsaturated/α-hetero) is 1. The maximum Gasteiger partial charge on any atom is 0.251 e. The molecule has 1 aliphatic heterocycles. The number of likely N-dealkylation sites (N-methyl/N-ethyl adjacent to an activating group) is 1. The van der Waals surface area contributed by atoms with Gasteiger partial charge in [-0.2, -0.15) is 5.10 Å². The second-order valence-corrected chi connectivity index (χ2v) is 11.3. The maximum absolute atomic E-state index is 12.2. The summed E-state index contributed by atoms with van der Waals surface area (Å²) in [7, 11) is 1.70. The zero-order chi connectivity index (χ0) is 25.9. The molecule has 4 atom stereocenters. The molecule has 3 heterocycles. The first kappa shape index (κ1) is 24.0. The van der Waals surface area contributed by atoms with E-state index in [9.17, 15) is 14.7 Å². The molecule has 6 rings (SSSR count). The smallest absolute Gasteiger partial charge is 0.251 e. The number of nitrogens with zero attached hydrogens (tertiary/aromatic N) is 4. The average Bonchev–Trinajstić information content (AvgIpc) is 3.42. The molecular weight excluding hydrogens is 468 g/mol. The third-order valence-electron chi connectivity index (χ3n) is 8.16. The number of aromatic nitrogens is 3. The summed E-state index contributed by atoms with van der Waals surface area (Å²) in [5.74, 6) is 0.121. The number of aliphatic hydroxyl groups is 1. The highest BCUT2D eigenvalue weighted by molar-refractivity contribution is 6.01. The first-order valence-electron chi connectivity index (χ1n) is 12.9. The van der Waals surface area contributed by atoms with Crippen molar-refractivity contribution in [3.63, 3.8) is 0 Å². The molecule has 2 aliphatic carbocycles. The molecule has 8 nitrogen and oxygen atoms in total. The van der Waals surface area contributed by atoms with E-state index in [1.807, 2.05) is 35.0 Å². The van der Waals surface area contributed by atoms with Crippen LogP contribution in [0.4, 0.5) is 0 Å². The van der Waals surface area contributed by atoms with Crippen molar-refractivity contribution >= 4 is 11.7 Å². The number of carbonyl (C=O) groups is 2. The molecule has 37 heavy (non-hydrogen) atoms. The molecule has 2 aromatic heterocycles. The van der Waals surface area contributed by atoms with Gasteiger partial charge in [0.15, 0.2) is 5.82 Å². The van der Waals surface area contributed by atoms with Gasteiger partial charge in [0.2, 0.25) is 0 Å². The Morgan fingerprint density at radius 2 is 1.89 bits per heavy atom. The number of rotatable bonds is 6. The Morgan fingerprint density at radius 1 is 1.14 bits per heavy atom. The highest BCUT2D eigenvalue weighted by Crippen LogP contribution is 2.45. The van der Waals surface area contributed by atoms with Crippen LogP contribution in [0.25, 0.3) is 5.82 Å². The number of hydrogen-bond acceptors (Lipinski definition) is 6. The number of hydrogen-bond donors (Lipinski definition) is 1. The molecule has 1 saturated heterocycles. The zero-order valence-electron chi connectivity index (χ0n) is 21.4. The van der Waals surface area contributed by atoms with Gasteiger partial charge in [-0.15, -0.1) is 0 Å². The molecule has 1 N–H and O–H groups in total. The number of likely N-dealkylation sites (tertiary alicyclic amines) is 1. The van der Waals surface area contributed by atoms with Gasteiger partial charge in [0.05, 0.1) is 30.0 Å². The van der Waals surface area contributed by atoms with Crippen LogP contribution in [0.2, 0.25) is 0 Å². The van der Waals surface area contributed by atoms with Gasteiger partial charge in [0, 0.05) is 44.1 Å². The average molecular weight is 501 g/mol. The molecule has 8 heteroatoms. The van der Waals surface area contributed by atoms with Crippen LogP contribution in [0, 0.1) is 5.41 Å². The molecule has 1 saturated carbocycles. The first-order valence-corrected chi connectivity index (χ1v) is 12.9. The summed E-state index contributed by atoms with van der Waals surface area (Å²) >= 11 is 0. The molecule has 1 aromatic carbocycles. The minimum absolute atomic E-state index is 0.0139. The van der Waals surface area contributed by atoms with E-state index in [1.54, 1.807) is 18.1 Å². The van der Waals surface area contributed by atoms with Crippen LogP contribution in [0.3, 0.4) is 0 Å². The normalized spacial score (nSPS) is 26.4. The number of aliphatic hydroxyl groups excluding tert-OH is 1. The summed E-state index contributed by atoms with van der Waals surface area (Å²) < 4.78 is 8.33. The van der Waals surface area contributed by atoms with Gasteiger partial charge in [0.25, 0.3) is 5.91 Å². The highest BCUT2D eigenvalue weighted by atomic mass is 16.5.